The Labute approximate surface area is 726 Å². The van der Waals surface area contributed by atoms with E-state index in [1.807, 2.05) is 6.08 Å². The lowest BCUT2D eigenvalue weighted by molar-refractivity contribution is -0.392. The summed E-state index contributed by atoms with van der Waals surface area (Å²) in [5.74, 6) is -2.16. The van der Waals surface area contributed by atoms with Gasteiger partial charge in [0.2, 0.25) is 17.7 Å². The number of ether oxygens (including phenoxy) is 14. The first-order valence-electron chi connectivity index (χ1n) is 45.3. The number of carbonyl (C=O) groups is 3. The number of rotatable bonds is 56. The maximum atomic E-state index is 13.6. The molecule has 14 unspecified atom stereocenters. The summed E-state index contributed by atoms with van der Waals surface area (Å²) in [6.07, 6.45) is -28.6. The van der Waals surface area contributed by atoms with E-state index in [2.05, 4.69) is 29.8 Å². The van der Waals surface area contributed by atoms with Crippen molar-refractivity contribution in [3.8, 4) is 0 Å². The van der Waals surface area contributed by atoms with Crippen LogP contribution in [0.5, 0.6) is 0 Å². The lowest BCUT2D eigenvalue weighted by atomic mass is 9.93. The van der Waals surface area contributed by atoms with E-state index in [4.69, 9.17) is 66.3 Å². The minimum Gasteiger partial charge on any atom is -0.394 e. The van der Waals surface area contributed by atoms with Gasteiger partial charge in [0.05, 0.1) is 64.5 Å². The van der Waals surface area contributed by atoms with Gasteiger partial charge in [-0.25, -0.2) is 0 Å². The van der Waals surface area contributed by atoms with Crippen molar-refractivity contribution in [1.82, 2.24) is 16.0 Å². The Kier molecular flexibility index (Phi) is 49.2. The van der Waals surface area contributed by atoms with Crippen molar-refractivity contribution in [1.29, 1.82) is 0 Å². The molecule has 40 heteroatoms. The van der Waals surface area contributed by atoms with Gasteiger partial charge < -0.3 is 184 Å². The van der Waals surface area contributed by atoms with Crippen LogP contribution in [0.25, 0.3) is 0 Å². The molecule has 37 atom stereocenters. The van der Waals surface area contributed by atoms with Crippen LogP contribution in [0.4, 0.5) is 0 Å². The Morgan fingerprint density at radius 1 is 0.331 bits per heavy atom. The van der Waals surface area contributed by atoms with Crippen LogP contribution in [0.15, 0.2) is 12.2 Å². The molecule has 0 aromatic rings. The molecule has 0 bridgehead atoms. The van der Waals surface area contributed by atoms with Crippen LogP contribution in [0.3, 0.4) is 0 Å². The zero-order valence-electron chi connectivity index (χ0n) is 72.6. The first-order chi connectivity index (χ1) is 59.5. The molecule has 7 heterocycles. The van der Waals surface area contributed by atoms with Crippen LogP contribution in [0.1, 0.15) is 227 Å². The zero-order chi connectivity index (χ0) is 90.7. The normalized spacial score (nSPS) is 38.5. The van der Waals surface area contributed by atoms with E-state index >= 15 is 0 Å². The Bertz CT molecular complexity index is 2950. The molecule has 724 valence electrons. The number of aliphatic hydroxyl groups excluding tert-OH is 20. The molecule has 3 amide bonds. The minimum absolute atomic E-state index is 0.161. The fourth-order valence-electron chi connectivity index (χ4n) is 16.9. The molecule has 7 aliphatic rings. The van der Waals surface area contributed by atoms with Crippen molar-refractivity contribution in [2.75, 3.05) is 46.2 Å². The van der Waals surface area contributed by atoms with Gasteiger partial charge in [-0.15, -0.1) is 0 Å². The lowest BCUT2D eigenvalue weighted by Gasteiger charge is -2.51. The smallest absolute Gasteiger partial charge is 0.220 e. The molecule has 124 heavy (non-hydrogen) atoms. The Hall–Kier alpha value is -3.21. The van der Waals surface area contributed by atoms with E-state index < -0.39 is 285 Å². The highest BCUT2D eigenvalue weighted by Gasteiger charge is 2.60. The number of amides is 3. The zero-order valence-corrected chi connectivity index (χ0v) is 72.6. The van der Waals surface area contributed by atoms with Gasteiger partial charge in [-0.3, -0.25) is 14.4 Å². The summed E-state index contributed by atoms with van der Waals surface area (Å²) in [6, 6.07) is -4.86. The highest BCUT2D eigenvalue weighted by Crippen LogP contribution is 2.39. The maximum absolute atomic E-state index is 13.6. The maximum Gasteiger partial charge on any atom is 0.220 e. The third-order valence-corrected chi connectivity index (χ3v) is 24.3. The molecule has 7 aliphatic heterocycles. The van der Waals surface area contributed by atoms with Crippen molar-refractivity contribution in [2.45, 2.75) is 454 Å². The highest BCUT2D eigenvalue weighted by molar-refractivity contribution is 5.76. The summed E-state index contributed by atoms with van der Waals surface area (Å²) in [7, 11) is 0. The van der Waals surface area contributed by atoms with E-state index in [1.165, 1.54) is 129 Å². The van der Waals surface area contributed by atoms with Crippen LogP contribution in [-0.4, -0.2) is 393 Å². The molecule has 0 radical (unpaired) electrons. The standard InChI is InChI=1S/C84H151N3O37/c1-6-8-10-12-14-16-18-20-21-22-23-25-27-29-31-33-35-37-56(97)87-48(49(96)36-34-32-30-28-26-24-19-17-15-13-11-9-7-2)44-111-80-69(108)67(106)73(55(43-93)118-80)119-82-70(109)76(63(102)52(40-90)114-82)123-79-58(86-47(5)95)74(61(100)51(39-89)113-79)121-83-71(110)75(62(101)53(41-91)115-83)122-78-57(85-46(4)94)64(103)72(54(42-92)117-78)120-84-77(66(105)60(99)50(38-88)116-84)124-81-68(107)65(104)59(98)45(3)112-81/h34,36,45,48-55,57-84,88-93,96,98-110H,6-33,35,37-44H2,1-5H3,(H,85,94)(H,86,95)(H,87,97)/b36-34+/t45?,48-,49+,50?,51?,52?,53?,54?,55?,57?,58?,59+,60-,61+,62-,63-,64+,65?,66-,67+,68-,69?,70?,71?,72+,73+,74+,75-,76-,77?,78-,79-,80+,81+,82-,83-,84-/m0/s1. The first kappa shape index (κ1) is 108. The summed E-state index contributed by atoms with van der Waals surface area (Å²) >= 11 is 0. The molecule has 40 nitrogen and oxygen atoms in total. The highest BCUT2D eigenvalue weighted by atomic mass is 16.8. The number of hydrogen-bond acceptors (Lipinski definition) is 37. The second kappa shape index (κ2) is 56.6. The van der Waals surface area contributed by atoms with Crippen LogP contribution in [0, 0.1) is 0 Å². The van der Waals surface area contributed by atoms with E-state index in [0.29, 0.717) is 12.8 Å². The van der Waals surface area contributed by atoms with Gasteiger partial charge in [0.15, 0.2) is 44.0 Å². The second-order valence-electron chi connectivity index (χ2n) is 34.2. The molecule has 7 rings (SSSR count). The molecule has 7 saturated heterocycles. The molecule has 0 aromatic carbocycles. The number of unbranched alkanes of at least 4 members (excludes halogenated alkanes) is 27. The van der Waals surface area contributed by atoms with Crippen molar-refractivity contribution < 1.29 is 183 Å². The van der Waals surface area contributed by atoms with Crippen LogP contribution in [0.2, 0.25) is 0 Å². The number of aliphatic hydroxyl groups is 20. The predicted octanol–water partition coefficient (Wildman–Crippen LogP) is -2.79. The van der Waals surface area contributed by atoms with Gasteiger partial charge in [0, 0.05) is 20.3 Å². The Balaban J connectivity index is 1.01. The van der Waals surface area contributed by atoms with Crippen LogP contribution in [-0.2, 0) is 80.7 Å². The topological polar surface area (TPSA) is 621 Å². The minimum atomic E-state index is -2.34. The van der Waals surface area contributed by atoms with Crippen molar-refractivity contribution >= 4 is 17.7 Å². The second-order valence-corrected chi connectivity index (χ2v) is 34.2. The largest absolute Gasteiger partial charge is 0.394 e. The predicted molar refractivity (Wildman–Crippen MR) is 434 cm³/mol. The summed E-state index contributed by atoms with van der Waals surface area (Å²) in [6.45, 7) is 1.01. The van der Waals surface area contributed by atoms with E-state index in [-0.39, 0.29) is 12.3 Å². The summed E-state index contributed by atoms with van der Waals surface area (Å²) in [5, 5.41) is 233. The van der Waals surface area contributed by atoms with Crippen molar-refractivity contribution in [3.63, 3.8) is 0 Å². The third-order valence-electron chi connectivity index (χ3n) is 24.3. The molecule has 0 saturated carbocycles. The average molecular weight is 1800 g/mol. The quantitative estimate of drug-likeness (QED) is 0.0216. The van der Waals surface area contributed by atoms with Crippen LogP contribution >= 0.6 is 0 Å². The fourth-order valence-corrected chi connectivity index (χ4v) is 16.9. The fraction of sp³-hybridized carbons (Fsp3) is 0.940. The van der Waals surface area contributed by atoms with Gasteiger partial charge in [0.1, 0.15) is 165 Å². The third kappa shape index (κ3) is 31.8. The summed E-state index contributed by atoms with van der Waals surface area (Å²) in [4.78, 5) is 39.8. The Morgan fingerprint density at radius 3 is 1.14 bits per heavy atom. The van der Waals surface area contributed by atoms with E-state index in [0.717, 1.165) is 65.2 Å². The molecule has 0 spiro atoms. The molecular formula is C84H151N3O37. The monoisotopic (exact) mass is 1790 g/mol. The molecule has 7 fully saturated rings. The lowest BCUT2D eigenvalue weighted by Crippen LogP contribution is -2.71. The van der Waals surface area contributed by atoms with Gasteiger partial charge in [-0.2, -0.15) is 0 Å². The van der Waals surface area contributed by atoms with Gasteiger partial charge >= 0.3 is 0 Å². The average Bonchev–Trinajstić information content (AvgIpc) is 0.760. The molecule has 23 N–H and O–H groups in total. The van der Waals surface area contributed by atoms with Crippen molar-refractivity contribution in [3.05, 3.63) is 12.2 Å². The molecular weight excluding hydrogens is 1640 g/mol. The van der Waals surface area contributed by atoms with Gasteiger partial charge in [0.25, 0.3) is 0 Å². The van der Waals surface area contributed by atoms with Gasteiger partial charge in [-0.1, -0.05) is 193 Å². The number of carbonyl (C=O) groups excluding carboxylic acids is 3. The van der Waals surface area contributed by atoms with E-state index in [1.54, 1.807) is 6.08 Å². The van der Waals surface area contributed by atoms with E-state index in [9.17, 15) is 117 Å². The molecule has 0 aromatic heterocycles. The molecule has 0 aliphatic carbocycles. The number of allylic oxidation sites excluding steroid dienone is 1. The van der Waals surface area contributed by atoms with Crippen molar-refractivity contribution in [2.24, 2.45) is 0 Å². The van der Waals surface area contributed by atoms with Crippen LogP contribution < -0.4 is 16.0 Å². The van der Waals surface area contributed by atoms with Gasteiger partial charge in [-0.05, 0) is 26.2 Å². The first-order valence-corrected chi connectivity index (χ1v) is 45.3. The Morgan fingerprint density at radius 2 is 0.669 bits per heavy atom. The summed E-state index contributed by atoms with van der Waals surface area (Å²) < 4.78 is 83.4. The summed E-state index contributed by atoms with van der Waals surface area (Å²) in [5.41, 5.74) is 0. The SMILES string of the molecule is CCCCCCCCCCCCC/C=C/[C@@H](O)[C@H](CO[C@@H]1OC(CO)[C@@H](O[C@@H]2OC(CO)[C@H](O)[C@H](O[C@@H]3OC(CO)[C@@H](O)[C@H](O[C@@H]4OC(CO)[C@H](O)[C@H](O[C@@H]5OC(CO)[C@@H](O[C@@H]6OC(CO)[C@H](O)[C@H](O)C6O[C@H]6OC(C)[C@@H](O)C(O)[C@@H]6O)[C@H](O)C5NC(C)=O)C4O)C3NC(C)=O)C2O)[C@H](O)C1O)NC(=O)CCCCCCCCCCCCCCCCCCC. The number of nitrogens with one attached hydrogen (secondary N) is 3. The number of hydrogen-bond donors (Lipinski definition) is 23.